The highest BCUT2D eigenvalue weighted by Crippen LogP contribution is 2.40. The highest BCUT2D eigenvalue weighted by molar-refractivity contribution is 5.78. The van der Waals surface area contributed by atoms with Crippen molar-refractivity contribution in [3.05, 3.63) is 11.7 Å². The van der Waals surface area contributed by atoms with Crippen molar-refractivity contribution >= 4 is 12.0 Å². The summed E-state index contributed by atoms with van der Waals surface area (Å²) in [5, 5.41) is 18.1. The second-order valence-corrected chi connectivity index (χ2v) is 5.03. The van der Waals surface area contributed by atoms with E-state index in [1.807, 2.05) is 0 Å². The van der Waals surface area contributed by atoms with Crippen molar-refractivity contribution in [2.24, 2.45) is 5.41 Å². The SMILES string of the molecule is Cc1nc(CCNC(=O)NCC2(C(=O)O)CCC2)no1. The number of carboxylic acids is 1. The fourth-order valence-corrected chi connectivity index (χ4v) is 2.11. The molecule has 8 heteroatoms. The molecule has 0 aromatic carbocycles. The van der Waals surface area contributed by atoms with Gasteiger partial charge in [0.25, 0.3) is 0 Å². The summed E-state index contributed by atoms with van der Waals surface area (Å²) in [5.41, 5.74) is -0.776. The van der Waals surface area contributed by atoms with Crippen molar-refractivity contribution in [3.63, 3.8) is 0 Å². The number of aliphatic carboxylic acids is 1. The molecule has 1 heterocycles. The highest BCUT2D eigenvalue weighted by Gasteiger charge is 2.44. The quantitative estimate of drug-likeness (QED) is 0.698. The van der Waals surface area contributed by atoms with Gasteiger partial charge >= 0.3 is 12.0 Å². The molecule has 0 radical (unpaired) electrons. The molecular weight excluding hydrogens is 264 g/mol. The number of amides is 2. The lowest BCUT2D eigenvalue weighted by molar-refractivity contribution is -0.153. The van der Waals surface area contributed by atoms with Gasteiger partial charge in [0.2, 0.25) is 5.89 Å². The Labute approximate surface area is 115 Å². The Morgan fingerprint density at radius 3 is 2.65 bits per heavy atom. The first-order valence-electron chi connectivity index (χ1n) is 6.56. The van der Waals surface area contributed by atoms with Crippen molar-refractivity contribution in [3.8, 4) is 0 Å². The number of carboxylic acid groups (broad SMARTS) is 1. The Balaban J connectivity index is 1.67. The summed E-state index contributed by atoms with van der Waals surface area (Å²) in [7, 11) is 0. The molecule has 1 saturated carbocycles. The maximum absolute atomic E-state index is 11.6. The van der Waals surface area contributed by atoms with Gasteiger partial charge in [0.05, 0.1) is 5.41 Å². The predicted molar refractivity (Wildman–Crippen MR) is 68.1 cm³/mol. The van der Waals surface area contributed by atoms with Gasteiger partial charge in [0, 0.05) is 26.4 Å². The van der Waals surface area contributed by atoms with Gasteiger partial charge in [0.15, 0.2) is 5.82 Å². The van der Waals surface area contributed by atoms with E-state index in [1.165, 1.54) is 0 Å². The van der Waals surface area contributed by atoms with Crippen LogP contribution in [0.5, 0.6) is 0 Å². The largest absolute Gasteiger partial charge is 0.481 e. The van der Waals surface area contributed by atoms with Gasteiger partial charge in [-0.15, -0.1) is 0 Å². The topological polar surface area (TPSA) is 117 Å². The molecule has 0 unspecified atom stereocenters. The highest BCUT2D eigenvalue weighted by atomic mass is 16.5. The summed E-state index contributed by atoms with van der Waals surface area (Å²) < 4.78 is 4.81. The van der Waals surface area contributed by atoms with Crippen LogP contribution in [0.2, 0.25) is 0 Å². The molecule has 0 saturated heterocycles. The van der Waals surface area contributed by atoms with Crippen molar-refractivity contribution in [1.82, 2.24) is 20.8 Å². The number of hydrogen-bond acceptors (Lipinski definition) is 5. The third-order valence-electron chi connectivity index (χ3n) is 3.56. The Bertz CT molecular complexity index is 495. The van der Waals surface area contributed by atoms with Gasteiger partial charge < -0.3 is 20.3 Å². The summed E-state index contributed by atoms with van der Waals surface area (Å²) in [4.78, 5) is 26.7. The molecule has 1 aromatic heterocycles. The molecule has 3 N–H and O–H groups in total. The van der Waals surface area contributed by atoms with Crippen molar-refractivity contribution < 1.29 is 19.2 Å². The van der Waals surface area contributed by atoms with Crippen LogP contribution in [0.4, 0.5) is 4.79 Å². The van der Waals surface area contributed by atoms with E-state index in [4.69, 9.17) is 9.63 Å². The first-order chi connectivity index (χ1) is 9.52. The van der Waals surface area contributed by atoms with Crippen LogP contribution < -0.4 is 10.6 Å². The number of rotatable bonds is 6. The van der Waals surface area contributed by atoms with Gasteiger partial charge in [-0.1, -0.05) is 11.6 Å². The molecule has 0 spiro atoms. The molecule has 0 atom stereocenters. The Morgan fingerprint density at radius 2 is 2.15 bits per heavy atom. The standard InChI is InChI=1S/C12H18N4O4/c1-8-15-9(16-20-8)3-6-13-11(19)14-7-12(10(17)18)4-2-5-12/h2-7H2,1H3,(H,17,18)(H2,13,14,19). The van der Waals surface area contributed by atoms with Crippen molar-refractivity contribution in [2.45, 2.75) is 32.6 Å². The summed E-state index contributed by atoms with van der Waals surface area (Å²) in [5.74, 6) is 0.174. The van der Waals surface area contributed by atoms with Crippen LogP contribution in [-0.4, -0.2) is 40.3 Å². The first-order valence-corrected chi connectivity index (χ1v) is 6.56. The molecular formula is C12H18N4O4. The van der Waals surface area contributed by atoms with Crippen LogP contribution in [0.25, 0.3) is 0 Å². The van der Waals surface area contributed by atoms with Gasteiger partial charge in [-0.25, -0.2) is 4.79 Å². The molecule has 8 nitrogen and oxygen atoms in total. The summed E-state index contributed by atoms with van der Waals surface area (Å²) in [6.45, 7) is 2.22. The summed E-state index contributed by atoms with van der Waals surface area (Å²) in [6.07, 6.45) is 2.59. The zero-order valence-electron chi connectivity index (χ0n) is 11.3. The second-order valence-electron chi connectivity index (χ2n) is 5.03. The minimum Gasteiger partial charge on any atom is -0.481 e. The normalized spacial score (nSPS) is 16.2. The maximum atomic E-state index is 11.6. The lowest BCUT2D eigenvalue weighted by atomic mass is 9.69. The van der Waals surface area contributed by atoms with Gasteiger partial charge in [0.1, 0.15) is 0 Å². The van der Waals surface area contributed by atoms with E-state index in [1.54, 1.807) is 6.92 Å². The van der Waals surface area contributed by atoms with Gasteiger partial charge in [-0.05, 0) is 12.8 Å². The van der Waals surface area contributed by atoms with Crippen LogP contribution in [0.1, 0.15) is 31.0 Å². The number of aromatic nitrogens is 2. The maximum Gasteiger partial charge on any atom is 0.314 e. The van der Waals surface area contributed by atoms with Crippen LogP contribution in [0.15, 0.2) is 4.52 Å². The third-order valence-corrected chi connectivity index (χ3v) is 3.56. The zero-order valence-corrected chi connectivity index (χ0v) is 11.3. The number of urea groups is 1. The average Bonchev–Trinajstić information content (AvgIpc) is 2.73. The Hall–Kier alpha value is -2.12. The molecule has 110 valence electrons. The zero-order chi connectivity index (χ0) is 14.6. The number of hydrogen-bond donors (Lipinski definition) is 3. The molecule has 0 aliphatic heterocycles. The van der Waals surface area contributed by atoms with Gasteiger partial charge in [-0.2, -0.15) is 4.98 Å². The number of carbonyl (C=O) groups is 2. The van der Waals surface area contributed by atoms with E-state index in [2.05, 4.69) is 20.8 Å². The van der Waals surface area contributed by atoms with E-state index < -0.39 is 11.4 Å². The lowest BCUT2D eigenvalue weighted by Crippen LogP contribution is -2.49. The van der Waals surface area contributed by atoms with Crippen LogP contribution >= 0.6 is 0 Å². The minimum atomic E-state index is -0.841. The number of nitrogens with zero attached hydrogens (tertiary/aromatic N) is 2. The lowest BCUT2D eigenvalue weighted by Gasteiger charge is -2.37. The van der Waals surface area contributed by atoms with E-state index in [9.17, 15) is 9.59 Å². The molecule has 1 aliphatic rings. The fourth-order valence-electron chi connectivity index (χ4n) is 2.11. The van der Waals surface area contributed by atoms with Crippen molar-refractivity contribution in [2.75, 3.05) is 13.1 Å². The third kappa shape index (κ3) is 3.25. The molecule has 1 fully saturated rings. The first kappa shape index (κ1) is 14.3. The van der Waals surface area contributed by atoms with Crippen LogP contribution in [0.3, 0.4) is 0 Å². The molecule has 2 rings (SSSR count). The number of nitrogens with one attached hydrogen (secondary N) is 2. The second kappa shape index (κ2) is 5.89. The van der Waals surface area contributed by atoms with E-state index in [-0.39, 0.29) is 12.6 Å². The number of aryl methyl sites for hydroxylation is 1. The predicted octanol–water partition coefficient (Wildman–Crippen LogP) is 0.475. The fraction of sp³-hybridized carbons (Fsp3) is 0.667. The molecule has 1 aromatic rings. The van der Waals surface area contributed by atoms with Crippen LogP contribution in [0, 0.1) is 12.3 Å². The summed E-state index contributed by atoms with van der Waals surface area (Å²) in [6, 6.07) is -0.377. The number of carbonyl (C=O) groups excluding carboxylic acids is 1. The molecule has 0 bridgehead atoms. The minimum absolute atomic E-state index is 0.162. The van der Waals surface area contributed by atoms with E-state index in [0.29, 0.717) is 37.5 Å². The summed E-state index contributed by atoms with van der Waals surface area (Å²) >= 11 is 0. The van der Waals surface area contributed by atoms with Crippen molar-refractivity contribution in [1.29, 1.82) is 0 Å². The van der Waals surface area contributed by atoms with Gasteiger partial charge in [-0.3, -0.25) is 4.79 Å². The molecule has 2 amide bonds. The molecule has 20 heavy (non-hydrogen) atoms. The monoisotopic (exact) mass is 282 g/mol. The van der Waals surface area contributed by atoms with E-state index in [0.717, 1.165) is 6.42 Å². The Morgan fingerprint density at radius 1 is 1.40 bits per heavy atom. The average molecular weight is 282 g/mol. The smallest absolute Gasteiger partial charge is 0.314 e. The molecule has 1 aliphatic carbocycles. The Kier molecular flexibility index (Phi) is 4.21. The van der Waals surface area contributed by atoms with E-state index >= 15 is 0 Å². The van der Waals surface area contributed by atoms with Crippen LogP contribution in [-0.2, 0) is 11.2 Å².